The van der Waals surface area contributed by atoms with Crippen molar-refractivity contribution >= 4 is 65.3 Å². The predicted molar refractivity (Wildman–Crippen MR) is 216 cm³/mol. The van der Waals surface area contributed by atoms with Gasteiger partial charge < -0.3 is 4.57 Å². The van der Waals surface area contributed by atoms with E-state index in [1.54, 1.807) is 0 Å². The fourth-order valence-corrected chi connectivity index (χ4v) is 8.88. The molecule has 52 heavy (non-hydrogen) atoms. The third kappa shape index (κ3) is 3.70. The van der Waals surface area contributed by atoms with Crippen LogP contribution >= 0.6 is 0 Å². The van der Waals surface area contributed by atoms with E-state index in [4.69, 9.17) is 4.98 Å². The molecule has 0 saturated heterocycles. The van der Waals surface area contributed by atoms with Gasteiger partial charge in [0, 0.05) is 50.6 Å². The summed E-state index contributed by atoms with van der Waals surface area (Å²) >= 11 is 0. The van der Waals surface area contributed by atoms with Gasteiger partial charge in [0.25, 0.3) is 0 Å². The minimum absolute atomic E-state index is 0.914. The third-order valence-corrected chi connectivity index (χ3v) is 11.1. The highest BCUT2D eigenvalue weighted by molar-refractivity contribution is 6.22. The van der Waals surface area contributed by atoms with Crippen molar-refractivity contribution in [1.82, 2.24) is 19.1 Å². The standard InChI is InChI=1S/C48H28N4/c1-2-10-32(11-3-1)51-44-21-19-31(26-39(44)48-33-12-5-4-9-29(33)17-22-45(48)51)30-18-20-43-38(25-30)34-13-6-7-16-42(34)52(43)46-27-37-36-23-24-49-41-15-8-14-35(47(36)41)40(37)28-50-46/h1-28H. The molecule has 240 valence electrons. The molecule has 11 aromatic rings. The lowest BCUT2D eigenvalue weighted by Crippen LogP contribution is -1.98. The van der Waals surface area contributed by atoms with Crippen LogP contribution in [-0.4, -0.2) is 19.1 Å². The normalized spacial score (nSPS) is 12.2. The minimum atomic E-state index is 0.914. The second-order valence-corrected chi connectivity index (χ2v) is 13.8. The van der Waals surface area contributed by atoms with Crippen LogP contribution in [0.4, 0.5) is 0 Å². The predicted octanol–water partition coefficient (Wildman–Crippen LogP) is 12.3. The molecule has 0 fully saturated rings. The number of pyridine rings is 2. The van der Waals surface area contributed by atoms with Crippen LogP contribution in [0.2, 0.25) is 0 Å². The maximum absolute atomic E-state index is 5.10. The highest BCUT2D eigenvalue weighted by Gasteiger charge is 2.24. The lowest BCUT2D eigenvalue weighted by Gasteiger charge is -2.10. The van der Waals surface area contributed by atoms with Crippen LogP contribution in [0.1, 0.15) is 0 Å². The Morgan fingerprint density at radius 2 is 1.10 bits per heavy atom. The summed E-state index contributed by atoms with van der Waals surface area (Å²) in [6.07, 6.45) is 3.96. The van der Waals surface area contributed by atoms with Gasteiger partial charge in [0.1, 0.15) is 5.82 Å². The molecule has 0 aliphatic heterocycles. The molecule has 0 N–H and O–H groups in total. The first-order valence-electron chi connectivity index (χ1n) is 17.7. The largest absolute Gasteiger partial charge is 0.309 e. The third-order valence-electron chi connectivity index (χ3n) is 11.1. The van der Waals surface area contributed by atoms with E-state index in [1.165, 1.54) is 76.6 Å². The molecule has 0 atom stereocenters. The van der Waals surface area contributed by atoms with Crippen molar-refractivity contribution in [3.8, 4) is 44.9 Å². The van der Waals surface area contributed by atoms with Gasteiger partial charge in [-0.2, -0.15) is 0 Å². The average Bonchev–Trinajstić information content (AvgIpc) is 3.84. The van der Waals surface area contributed by atoms with E-state index in [0.29, 0.717) is 0 Å². The maximum Gasteiger partial charge on any atom is 0.138 e. The summed E-state index contributed by atoms with van der Waals surface area (Å²) in [6, 6.07) is 57.2. The highest BCUT2D eigenvalue weighted by Crippen LogP contribution is 2.47. The quantitative estimate of drug-likeness (QED) is 0.189. The van der Waals surface area contributed by atoms with Crippen LogP contribution in [0, 0.1) is 0 Å². The van der Waals surface area contributed by atoms with E-state index in [2.05, 4.69) is 172 Å². The Balaban J connectivity index is 1.07. The zero-order valence-corrected chi connectivity index (χ0v) is 28.0. The molecule has 0 saturated carbocycles. The number of fused-ring (bicyclic) bond motifs is 11. The molecule has 4 heteroatoms. The average molecular weight is 661 g/mol. The zero-order chi connectivity index (χ0) is 33.9. The smallest absolute Gasteiger partial charge is 0.138 e. The van der Waals surface area contributed by atoms with Gasteiger partial charge >= 0.3 is 0 Å². The van der Waals surface area contributed by atoms with Crippen LogP contribution in [-0.2, 0) is 0 Å². The van der Waals surface area contributed by atoms with Gasteiger partial charge in [0.05, 0.1) is 27.6 Å². The highest BCUT2D eigenvalue weighted by atomic mass is 15.1. The van der Waals surface area contributed by atoms with Gasteiger partial charge in [0.2, 0.25) is 0 Å². The Hall–Kier alpha value is -7.04. The Morgan fingerprint density at radius 3 is 1.98 bits per heavy atom. The molecule has 0 spiro atoms. The van der Waals surface area contributed by atoms with Crippen molar-refractivity contribution in [2.75, 3.05) is 0 Å². The molecule has 1 aliphatic rings. The van der Waals surface area contributed by atoms with Crippen LogP contribution in [0.5, 0.6) is 0 Å². The molecule has 0 radical (unpaired) electrons. The topological polar surface area (TPSA) is 35.6 Å². The Bertz CT molecular complexity index is 3290. The molecule has 4 nitrogen and oxygen atoms in total. The number of para-hydroxylation sites is 2. The van der Waals surface area contributed by atoms with Crippen LogP contribution < -0.4 is 0 Å². The van der Waals surface area contributed by atoms with Crippen molar-refractivity contribution in [3.05, 3.63) is 170 Å². The Labute approximate surface area is 298 Å². The summed E-state index contributed by atoms with van der Waals surface area (Å²) in [5.74, 6) is 0.914. The molecule has 7 aromatic carbocycles. The second kappa shape index (κ2) is 10.3. The molecule has 0 amide bonds. The van der Waals surface area contributed by atoms with E-state index in [9.17, 15) is 0 Å². The molecule has 12 rings (SSSR count). The lowest BCUT2D eigenvalue weighted by molar-refractivity contribution is 1.08. The first kappa shape index (κ1) is 27.7. The number of benzene rings is 7. The number of nitrogens with zero attached hydrogens (tertiary/aromatic N) is 4. The number of rotatable bonds is 3. The van der Waals surface area contributed by atoms with Crippen molar-refractivity contribution in [2.24, 2.45) is 0 Å². The fourth-order valence-electron chi connectivity index (χ4n) is 8.88. The van der Waals surface area contributed by atoms with Crippen LogP contribution in [0.15, 0.2) is 170 Å². The van der Waals surface area contributed by atoms with Crippen LogP contribution in [0.25, 0.3) is 110 Å². The molecular weight excluding hydrogens is 633 g/mol. The fraction of sp³-hybridized carbons (Fsp3) is 0. The summed E-state index contributed by atoms with van der Waals surface area (Å²) < 4.78 is 4.72. The molecular formula is C48H28N4. The summed E-state index contributed by atoms with van der Waals surface area (Å²) in [5, 5.41) is 8.69. The number of aromatic nitrogens is 4. The van der Waals surface area contributed by atoms with E-state index < -0.39 is 0 Å². The maximum atomic E-state index is 5.10. The molecule has 0 bridgehead atoms. The van der Waals surface area contributed by atoms with Crippen molar-refractivity contribution in [3.63, 3.8) is 0 Å². The van der Waals surface area contributed by atoms with Gasteiger partial charge in [0.15, 0.2) is 0 Å². The van der Waals surface area contributed by atoms with E-state index >= 15 is 0 Å². The van der Waals surface area contributed by atoms with E-state index in [1.807, 2.05) is 12.4 Å². The second-order valence-electron chi connectivity index (χ2n) is 13.8. The Kier molecular flexibility index (Phi) is 5.47. The summed E-state index contributed by atoms with van der Waals surface area (Å²) in [4.78, 5) is 9.75. The summed E-state index contributed by atoms with van der Waals surface area (Å²) in [7, 11) is 0. The molecule has 1 aliphatic carbocycles. The lowest BCUT2D eigenvalue weighted by atomic mass is 9.99. The van der Waals surface area contributed by atoms with Gasteiger partial charge in [-0.3, -0.25) is 9.55 Å². The van der Waals surface area contributed by atoms with Gasteiger partial charge in [-0.15, -0.1) is 0 Å². The molecule has 0 unspecified atom stereocenters. The first-order valence-corrected chi connectivity index (χ1v) is 17.7. The number of hydrogen-bond acceptors (Lipinski definition) is 2. The van der Waals surface area contributed by atoms with Gasteiger partial charge in [-0.05, 0) is 105 Å². The number of hydrogen-bond donors (Lipinski definition) is 0. The van der Waals surface area contributed by atoms with Gasteiger partial charge in [-0.25, -0.2) is 4.98 Å². The molecule has 4 aromatic heterocycles. The Morgan fingerprint density at radius 1 is 0.385 bits per heavy atom. The van der Waals surface area contributed by atoms with Crippen molar-refractivity contribution < 1.29 is 0 Å². The van der Waals surface area contributed by atoms with Crippen molar-refractivity contribution in [2.45, 2.75) is 0 Å². The SMILES string of the molecule is c1ccc(-n2c3ccc(-c4ccc5c(c4)c4ccccc4n5-c4cc5c(cn4)-c4cccc6nccc-5c46)cc3c3c4ccccc4ccc32)cc1. The van der Waals surface area contributed by atoms with E-state index in [0.717, 1.165) is 33.6 Å². The minimum Gasteiger partial charge on any atom is -0.309 e. The first-order chi connectivity index (χ1) is 25.8. The van der Waals surface area contributed by atoms with Gasteiger partial charge in [-0.1, -0.05) is 91.0 Å². The molecule has 4 heterocycles. The van der Waals surface area contributed by atoms with E-state index in [-0.39, 0.29) is 0 Å². The summed E-state index contributed by atoms with van der Waals surface area (Å²) in [6.45, 7) is 0. The summed E-state index contributed by atoms with van der Waals surface area (Å²) in [5.41, 5.74) is 14.1. The van der Waals surface area contributed by atoms with Crippen molar-refractivity contribution in [1.29, 1.82) is 0 Å². The zero-order valence-electron chi connectivity index (χ0n) is 28.0. The monoisotopic (exact) mass is 660 g/mol. The van der Waals surface area contributed by atoms with Crippen LogP contribution in [0.3, 0.4) is 0 Å².